The van der Waals surface area contributed by atoms with E-state index in [9.17, 15) is 4.79 Å². The van der Waals surface area contributed by atoms with Gasteiger partial charge in [0.05, 0.1) is 6.54 Å². The number of nitrogens with one attached hydrogen (secondary N) is 1. The molecule has 0 heterocycles. The zero-order valence-corrected chi connectivity index (χ0v) is 12.5. The van der Waals surface area contributed by atoms with Crippen LogP contribution in [0.3, 0.4) is 0 Å². The molecule has 0 spiro atoms. The molecule has 1 fully saturated rings. The van der Waals surface area contributed by atoms with Crippen molar-refractivity contribution in [3.05, 3.63) is 35.9 Å². The molecular formula is C17H26N2O. The Morgan fingerprint density at radius 3 is 2.55 bits per heavy atom. The summed E-state index contributed by atoms with van der Waals surface area (Å²) in [4.78, 5) is 14.2. The maximum atomic E-state index is 12.3. The fourth-order valence-corrected chi connectivity index (χ4v) is 2.83. The molecule has 110 valence electrons. The van der Waals surface area contributed by atoms with Gasteiger partial charge in [0.2, 0.25) is 5.91 Å². The Labute approximate surface area is 122 Å². The van der Waals surface area contributed by atoms with E-state index >= 15 is 0 Å². The van der Waals surface area contributed by atoms with Crippen molar-refractivity contribution in [1.29, 1.82) is 0 Å². The molecule has 2 rings (SSSR count). The highest BCUT2D eigenvalue weighted by atomic mass is 16.2. The number of benzene rings is 1. The average molecular weight is 274 g/mol. The van der Waals surface area contributed by atoms with Crippen LogP contribution < -0.4 is 5.32 Å². The van der Waals surface area contributed by atoms with Crippen LogP contribution in [0.2, 0.25) is 0 Å². The second kappa shape index (κ2) is 8.05. The number of carbonyl (C=O) groups excluding carboxylic acids is 1. The van der Waals surface area contributed by atoms with Gasteiger partial charge in [0.25, 0.3) is 0 Å². The molecule has 0 aliphatic heterocycles. The summed E-state index contributed by atoms with van der Waals surface area (Å²) in [5.41, 5.74) is 1.19. The van der Waals surface area contributed by atoms with Gasteiger partial charge in [0.1, 0.15) is 0 Å². The topological polar surface area (TPSA) is 32.3 Å². The summed E-state index contributed by atoms with van der Waals surface area (Å²) in [6.45, 7) is 4.00. The molecule has 3 heteroatoms. The van der Waals surface area contributed by atoms with E-state index in [2.05, 4.69) is 17.4 Å². The van der Waals surface area contributed by atoms with Crippen molar-refractivity contribution in [2.24, 2.45) is 0 Å². The van der Waals surface area contributed by atoms with Crippen molar-refractivity contribution < 1.29 is 4.79 Å². The van der Waals surface area contributed by atoms with Crippen molar-refractivity contribution >= 4 is 5.91 Å². The van der Waals surface area contributed by atoms with Crippen molar-refractivity contribution in [1.82, 2.24) is 10.2 Å². The number of likely N-dealkylation sites (N-methyl/N-ethyl adjacent to an activating group) is 1. The monoisotopic (exact) mass is 274 g/mol. The molecule has 1 aliphatic carbocycles. The molecule has 1 saturated carbocycles. The molecule has 0 bridgehead atoms. The fourth-order valence-electron chi connectivity index (χ4n) is 2.83. The molecule has 1 aromatic rings. The first-order valence-corrected chi connectivity index (χ1v) is 7.84. The first kappa shape index (κ1) is 15.0. The molecule has 0 atom stereocenters. The van der Waals surface area contributed by atoms with Gasteiger partial charge in [-0.15, -0.1) is 0 Å². The van der Waals surface area contributed by atoms with Gasteiger partial charge in [-0.2, -0.15) is 0 Å². The predicted octanol–water partition coefficient (Wildman–Crippen LogP) is 2.96. The summed E-state index contributed by atoms with van der Waals surface area (Å²) in [6.07, 6.45) is 6.39. The smallest absolute Gasteiger partial charge is 0.236 e. The lowest BCUT2D eigenvalue weighted by Gasteiger charge is -2.25. The normalized spacial score (nSPS) is 16.1. The standard InChI is InChI=1S/C17H26N2O/c1-2-19(14-15-9-5-3-6-10-15)17(20)13-18-16-11-7-4-8-12-16/h3,5-6,9-10,16,18H,2,4,7-8,11-14H2,1H3. The van der Waals surface area contributed by atoms with Crippen LogP contribution in [0.4, 0.5) is 0 Å². The van der Waals surface area contributed by atoms with E-state index < -0.39 is 0 Å². The Kier molecular flexibility index (Phi) is 6.06. The lowest BCUT2D eigenvalue weighted by Crippen LogP contribution is -2.42. The minimum Gasteiger partial charge on any atom is -0.338 e. The highest BCUT2D eigenvalue weighted by Crippen LogP contribution is 2.17. The molecule has 3 nitrogen and oxygen atoms in total. The van der Waals surface area contributed by atoms with Crippen molar-refractivity contribution in [3.63, 3.8) is 0 Å². The van der Waals surface area contributed by atoms with E-state index in [1.165, 1.54) is 37.7 Å². The summed E-state index contributed by atoms with van der Waals surface area (Å²) >= 11 is 0. The highest BCUT2D eigenvalue weighted by Gasteiger charge is 2.16. The van der Waals surface area contributed by atoms with Gasteiger partial charge >= 0.3 is 0 Å². The Morgan fingerprint density at radius 2 is 1.90 bits per heavy atom. The third kappa shape index (κ3) is 4.64. The maximum absolute atomic E-state index is 12.3. The summed E-state index contributed by atoms with van der Waals surface area (Å²) < 4.78 is 0. The number of hydrogen-bond donors (Lipinski definition) is 1. The van der Waals surface area contributed by atoms with Gasteiger partial charge in [-0.25, -0.2) is 0 Å². The van der Waals surface area contributed by atoms with E-state index in [1.807, 2.05) is 30.0 Å². The summed E-state index contributed by atoms with van der Waals surface area (Å²) in [5.74, 6) is 0.210. The van der Waals surface area contributed by atoms with E-state index in [-0.39, 0.29) is 5.91 Å². The number of amides is 1. The van der Waals surface area contributed by atoms with Crippen LogP contribution in [-0.2, 0) is 11.3 Å². The SMILES string of the molecule is CCN(Cc1ccccc1)C(=O)CNC1CCCCC1. The van der Waals surface area contributed by atoms with E-state index in [0.717, 1.165) is 6.54 Å². The largest absolute Gasteiger partial charge is 0.338 e. The van der Waals surface area contributed by atoms with Crippen LogP contribution in [0.1, 0.15) is 44.6 Å². The van der Waals surface area contributed by atoms with Crippen LogP contribution in [0.5, 0.6) is 0 Å². The molecule has 20 heavy (non-hydrogen) atoms. The quantitative estimate of drug-likeness (QED) is 0.865. The lowest BCUT2D eigenvalue weighted by atomic mass is 9.95. The van der Waals surface area contributed by atoms with Gasteiger partial charge in [-0.05, 0) is 25.3 Å². The molecule has 1 aromatic carbocycles. The van der Waals surface area contributed by atoms with Crippen LogP contribution in [-0.4, -0.2) is 29.9 Å². The van der Waals surface area contributed by atoms with E-state index in [0.29, 0.717) is 19.1 Å². The number of rotatable bonds is 6. The zero-order chi connectivity index (χ0) is 14.2. The Bertz CT molecular complexity index is 399. The van der Waals surface area contributed by atoms with Crippen LogP contribution in [0, 0.1) is 0 Å². The van der Waals surface area contributed by atoms with Crippen LogP contribution in [0.25, 0.3) is 0 Å². The average Bonchev–Trinajstić information content (AvgIpc) is 2.52. The molecule has 0 aromatic heterocycles. The third-order valence-corrected chi connectivity index (χ3v) is 4.10. The molecule has 1 N–H and O–H groups in total. The fraction of sp³-hybridized carbons (Fsp3) is 0.588. The predicted molar refractivity (Wildman–Crippen MR) is 82.4 cm³/mol. The Balaban J connectivity index is 1.79. The first-order valence-electron chi connectivity index (χ1n) is 7.84. The number of carbonyl (C=O) groups is 1. The van der Waals surface area contributed by atoms with Gasteiger partial charge in [0.15, 0.2) is 0 Å². The second-order valence-corrected chi connectivity index (χ2v) is 5.61. The third-order valence-electron chi connectivity index (χ3n) is 4.10. The van der Waals surface area contributed by atoms with Gasteiger partial charge in [0, 0.05) is 19.1 Å². The lowest BCUT2D eigenvalue weighted by molar-refractivity contribution is -0.130. The zero-order valence-electron chi connectivity index (χ0n) is 12.5. The molecule has 1 amide bonds. The van der Waals surface area contributed by atoms with Crippen molar-refractivity contribution in [2.45, 2.75) is 51.6 Å². The van der Waals surface area contributed by atoms with E-state index in [1.54, 1.807) is 0 Å². The Morgan fingerprint density at radius 1 is 1.20 bits per heavy atom. The summed E-state index contributed by atoms with van der Waals surface area (Å²) in [5, 5.41) is 3.43. The molecule has 0 radical (unpaired) electrons. The summed E-state index contributed by atoms with van der Waals surface area (Å²) in [7, 11) is 0. The minimum absolute atomic E-state index is 0.210. The Hall–Kier alpha value is -1.35. The number of hydrogen-bond acceptors (Lipinski definition) is 2. The maximum Gasteiger partial charge on any atom is 0.236 e. The van der Waals surface area contributed by atoms with Crippen molar-refractivity contribution in [3.8, 4) is 0 Å². The second-order valence-electron chi connectivity index (χ2n) is 5.61. The van der Waals surface area contributed by atoms with Gasteiger partial charge in [-0.3, -0.25) is 4.79 Å². The van der Waals surface area contributed by atoms with E-state index in [4.69, 9.17) is 0 Å². The molecule has 0 saturated heterocycles. The molecule has 1 aliphatic rings. The number of nitrogens with zero attached hydrogens (tertiary/aromatic N) is 1. The van der Waals surface area contributed by atoms with Crippen molar-refractivity contribution in [2.75, 3.05) is 13.1 Å². The highest BCUT2D eigenvalue weighted by molar-refractivity contribution is 5.78. The van der Waals surface area contributed by atoms with Crippen LogP contribution >= 0.6 is 0 Å². The minimum atomic E-state index is 0.210. The molecule has 0 unspecified atom stereocenters. The molecular weight excluding hydrogens is 248 g/mol. The summed E-state index contributed by atoms with van der Waals surface area (Å²) in [6, 6.07) is 10.7. The van der Waals surface area contributed by atoms with Gasteiger partial charge < -0.3 is 10.2 Å². The van der Waals surface area contributed by atoms with Gasteiger partial charge in [-0.1, -0.05) is 49.6 Å². The first-order chi connectivity index (χ1) is 9.79. The van der Waals surface area contributed by atoms with Crippen LogP contribution in [0.15, 0.2) is 30.3 Å².